The van der Waals surface area contributed by atoms with E-state index in [1.165, 1.54) is 0 Å². The van der Waals surface area contributed by atoms with Crippen LogP contribution in [0.3, 0.4) is 0 Å². The van der Waals surface area contributed by atoms with Gasteiger partial charge in [-0.15, -0.1) is 0 Å². The Balaban J connectivity index is 2.41. The van der Waals surface area contributed by atoms with Crippen LogP contribution in [0.15, 0.2) is 0 Å². The number of ether oxygens (including phenoxy) is 2. The molecule has 0 saturated carbocycles. The second-order valence-electron chi connectivity index (χ2n) is 2.39. The topological polar surface area (TPSA) is 36.9 Å². The predicted molar refractivity (Wildman–Crippen MR) is 33.0 cm³/mol. The molecule has 1 aliphatic rings. The van der Waals surface area contributed by atoms with E-state index in [1.807, 2.05) is 0 Å². The van der Waals surface area contributed by atoms with E-state index in [1.54, 1.807) is 21.1 Å². The predicted octanol–water partition coefficient (Wildman–Crippen LogP) is 0.673. The summed E-state index contributed by atoms with van der Waals surface area (Å²) < 4.78 is 9.88. The van der Waals surface area contributed by atoms with Gasteiger partial charge in [-0.05, 0) is 6.92 Å². The molecule has 4 nitrogen and oxygen atoms in total. The Morgan fingerprint density at radius 3 is 2.50 bits per heavy atom. The first-order valence-corrected chi connectivity index (χ1v) is 3.12. The molecule has 4 heteroatoms. The van der Waals surface area contributed by atoms with Crippen molar-refractivity contribution in [3.63, 3.8) is 0 Å². The molecule has 60 valence electrons. The summed E-state index contributed by atoms with van der Waals surface area (Å²) in [5.74, 6) is -0.638. The number of methoxy groups -OCH3 is 2. The van der Waals surface area contributed by atoms with Crippen molar-refractivity contribution in [1.29, 1.82) is 0 Å². The molecule has 0 aromatic heterocycles. The van der Waals surface area contributed by atoms with Gasteiger partial charge in [0.1, 0.15) is 0 Å². The molecule has 0 bridgehead atoms. The number of rotatable bonds is 2. The van der Waals surface area contributed by atoms with Gasteiger partial charge in [0.05, 0.1) is 6.42 Å². The molecular formula is C6H12O4. The number of hydrogen-bond acceptors (Lipinski definition) is 4. The van der Waals surface area contributed by atoms with Crippen LogP contribution in [-0.4, -0.2) is 26.3 Å². The highest BCUT2D eigenvalue weighted by atomic mass is 17.3. The third-order valence-corrected chi connectivity index (χ3v) is 1.56. The van der Waals surface area contributed by atoms with Crippen molar-refractivity contribution < 1.29 is 19.2 Å². The maximum atomic E-state index is 5.00. The zero-order valence-corrected chi connectivity index (χ0v) is 6.42. The Bertz CT molecular complexity index is 116. The summed E-state index contributed by atoms with van der Waals surface area (Å²) >= 11 is 0. The molecule has 10 heavy (non-hydrogen) atoms. The maximum absolute atomic E-state index is 5.00. The molecule has 1 heterocycles. The van der Waals surface area contributed by atoms with E-state index in [-0.39, 0.29) is 6.29 Å². The van der Waals surface area contributed by atoms with Crippen LogP contribution in [0.5, 0.6) is 0 Å². The van der Waals surface area contributed by atoms with Gasteiger partial charge >= 0.3 is 0 Å². The smallest absolute Gasteiger partial charge is 0.203 e. The summed E-state index contributed by atoms with van der Waals surface area (Å²) in [5, 5.41) is 0. The van der Waals surface area contributed by atoms with Crippen molar-refractivity contribution in [3.8, 4) is 0 Å². The lowest BCUT2D eigenvalue weighted by Gasteiger charge is -2.16. The van der Waals surface area contributed by atoms with Gasteiger partial charge in [0, 0.05) is 14.2 Å². The van der Waals surface area contributed by atoms with Gasteiger partial charge in [0.25, 0.3) is 0 Å². The summed E-state index contributed by atoms with van der Waals surface area (Å²) in [6.45, 7) is 1.80. The van der Waals surface area contributed by atoms with Crippen molar-refractivity contribution in [2.45, 2.75) is 25.4 Å². The standard InChI is InChI=1S/C6H12O4/c1-6(8-3)4-5(7-2)9-10-6/h5H,4H2,1-3H3/t5-,6+/m0/s1. The molecule has 0 aliphatic carbocycles. The van der Waals surface area contributed by atoms with E-state index in [0.717, 1.165) is 0 Å². The summed E-state index contributed by atoms with van der Waals surface area (Å²) in [6.07, 6.45) is 0.296. The van der Waals surface area contributed by atoms with Crippen LogP contribution < -0.4 is 0 Å². The molecule has 1 fully saturated rings. The van der Waals surface area contributed by atoms with E-state index in [4.69, 9.17) is 19.2 Å². The summed E-state index contributed by atoms with van der Waals surface area (Å²) in [6, 6.07) is 0. The third-order valence-electron chi connectivity index (χ3n) is 1.56. The Kier molecular flexibility index (Phi) is 2.25. The molecule has 1 saturated heterocycles. The molecule has 0 radical (unpaired) electrons. The Morgan fingerprint density at radius 2 is 2.20 bits per heavy atom. The van der Waals surface area contributed by atoms with Crippen LogP contribution in [0.25, 0.3) is 0 Å². The first-order chi connectivity index (χ1) is 4.70. The van der Waals surface area contributed by atoms with Crippen LogP contribution in [0, 0.1) is 0 Å². The fraction of sp³-hybridized carbons (Fsp3) is 1.00. The van der Waals surface area contributed by atoms with Crippen LogP contribution >= 0.6 is 0 Å². The van der Waals surface area contributed by atoms with E-state index in [2.05, 4.69) is 0 Å². The molecule has 0 aromatic carbocycles. The van der Waals surface area contributed by atoms with E-state index < -0.39 is 5.79 Å². The zero-order chi connectivity index (χ0) is 7.61. The molecule has 1 rings (SSSR count). The molecular weight excluding hydrogens is 136 g/mol. The van der Waals surface area contributed by atoms with Crippen molar-refractivity contribution >= 4 is 0 Å². The van der Waals surface area contributed by atoms with Crippen molar-refractivity contribution in [2.75, 3.05) is 14.2 Å². The molecule has 2 atom stereocenters. The summed E-state index contributed by atoms with van der Waals surface area (Å²) in [7, 11) is 3.14. The fourth-order valence-electron chi connectivity index (χ4n) is 0.766. The molecule has 1 aliphatic heterocycles. The van der Waals surface area contributed by atoms with Gasteiger partial charge in [-0.2, -0.15) is 4.89 Å². The van der Waals surface area contributed by atoms with Crippen molar-refractivity contribution in [2.24, 2.45) is 0 Å². The Morgan fingerprint density at radius 1 is 1.50 bits per heavy atom. The average molecular weight is 148 g/mol. The SMILES string of the molecule is CO[C@@H]1C[C@](C)(OC)OO1. The lowest BCUT2D eigenvalue weighted by molar-refractivity contribution is -0.397. The minimum Gasteiger partial charge on any atom is -0.353 e. The molecule has 0 unspecified atom stereocenters. The van der Waals surface area contributed by atoms with Crippen LogP contribution in [0.4, 0.5) is 0 Å². The molecule has 0 aromatic rings. The van der Waals surface area contributed by atoms with Gasteiger partial charge in [-0.25, -0.2) is 4.89 Å². The number of hydrogen-bond donors (Lipinski definition) is 0. The van der Waals surface area contributed by atoms with E-state index in [0.29, 0.717) is 6.42 Å². The molecule has 0 spiro atoms. The van der Waals surface area contributed by atoms with Gasteiger partial charge < -0.3 is 9.47 Å². The Hall–Kier alpha value is -0.160. The third kappa shape index (κ3) is 1.46. The van der Waals surface area contributed by atoms with E-state index >= 15 is 0 Å². The van der Waals surface area contributed by atoms with Crippen LogP contribution in [0.2, 0.25) is 0 Å². The highest BCUT2D eigenvalue weighted by Crippen LogP contribution is 2.28. The maximum Gasteiger partial charge on any atom is 0.203 e. The quantitative estimate of drug-likeness (QED) is 0.539. The largest absolute Gasteiger partial charge is 0.353 e. The average Bonchev–Trinajstić information content (AvgIpc) is 2.33. The fourth-order valence-corrected chi connectivity index (χ4v) is 0.766. The second kappa shape index (κ2) is 2.84. The minimum absolute atomic E-state index is 0.301. The minimum atomic E-state index is -0.638. The highest BCUT2D eigenvalue weighted by Gasteiger charge is 2.38. The van der Waals surface area contributed by atoms with E-state index in [9.17, 15) is 0 Å². The van der Waals surface area contributed by atoms with Gasteiger partial charge in [0.15, 0.2) is 6.29 Å². The van der Waals surface area contributed by atoms with Gasteiger partial charge in [-0.1, -0.05) is 0 Å². The first kappa shape index (κ1) is 7.94. The van der Waals surface area contributed by atoms with Crippen molar-refractivity contribution in [1.82, 2.24) is 0 Å². The summed E-state index contributed by atoms with van der Waals surface area (Å²) in [5.41, 5.74) is 0. The van der Waals surface area contributed by atoms with Gasteiger partial charge in [0.2, 0.25) is 5.79 Å². The second-order valence-corrected chi connectivity index (χ2v) is 2.39. The first-order valence-electron chi connectivity index (χ1n) is 3.12. The summed E-state index contributed by atoms with van der Waals surface area (Å²) in [4.78, 5) is 9.61. The lowest BCUT2D eigenvalue weighted by Crippen LogP contribution is -2.25. The Labute approximate surface area is 59.9 Å². The zero-order valence-electron chi connectivity index (χ0n) is 6.42. The normalized spacial score (nSPS) is 40.5. The molecule has 0 N–H and O–H groups in total. The highest BCUT2D eigenvalue weighted by molar-refractivity contribution is 4.66. The van der Waals surface area contributed by atoms with Crippen LogP contribution in [-0.2, 0) is 19.2 Å². The lowest BCUT2D eigenvalue weighted by atomic mass is 10.2. The van der Waals surface area contributed by atoms with Crippen molar-refractivity contribution in [3.05, 3.63) is 0 Å². The van der Waals surface area contributed by atoms with Crippen LogP contribution in [0.1, 0.15) is 13.3 Å². The molecule has 0 amide bonds. The van der Waals surface area contributed by atoms with Gasteiger partial charge in [-0.3, -0.25) is 0 Å². The monoisotopic (exact) mass is 148 g/mol.